The van der Waals surface area contributed by atoms with Crippen LogP contribution >= 0.6 is 0 Å². The molecule has 2 fully saturated rings. The molecule has 23 heavy (non-hydrogen) atoms. The number of hydrogen-bond donors (Lipinski definition) is 0. The topological polar surface area (TPSA) is 75.6 Å². The molecule has 1 aromatic heterocycles. The van der Waals surface area contributed by atoms with Crippen molar-refractivity contribution in [1.29, 1.82) is 0 Å². The minimum atomic E-state index is -0.453. The SMILES string of the molecule is CC(=O)N1CCC[C@@H]1c1nc(C)cc(N2C(=O)OCC2(C)C)n1. The van der Waals surface area contributed by atoms with E-state index in [-0.39, 0.29) is 11.9 Å². The molecule has 0 saturated carbocycles. The molecular formula is C16H22N4O3. The van der Waals surface area contributed by atoms with Gasteiger partial charge < -0.3 is 9.64 Å². The van der Waals surface area contributed by atoms with E-state index in [1.165, 1.54) is 0 Å². The number of ether oxygens (including phenoxy) is 1. The monoisotopic (exact) mass is 318 g/mol. The Balaban J connectivity index is 2.00. The van der Waals surface area contributed by atoms with Crippen molar-refractivity contribution in [3.8, 4) is 0 Å². The van der Waals surface area contributed by atoms with Crippen LogP contribution in [0.1, 0.15) is 51.2 Å². The van der Waals surface area contributed by atoms with E-state index < -0.39 is 11.6 Å². The predicted octanol–water partition coefficient (Wildman–Crippen LogP) is 2.20. The molecule has 1 atom stereocenters. The van der Waals surface area contributed by atoms with Gasteiger partial charge in [0.25, 0.3) is 0 Å². The fourth-order valence-electron chi connectivity index (χ4n) is 3.27. The van der Waals surface area contributed by atoms with Crippen LogP contribution < -0.4 is 4.90 Å². The molecule has 0 unspecified atom stereocenters. The summed E-state index contributed by atoms with van der Waals surface area (Å²) >= 11 is 0. The maximum absolute atomic E-state index is 12.1. The van der Waals surface area contributed by atoms with Crippen LogP contribution in [0.2, 0.25) is 0 Å². The summed E-state index contributed by atoms with van der Waals surface area (Å²) in [6.07, 6.45) is 1.39. The smallest absolute Gasteiger partial charge is 0.416 e. The van der Waals surface area contributed by atoms with E-state index in [0.717, 1.165) is 25.1 Å². The van der Waals surface area contributed by atoms with Crippen LogP contribution in [-0.4, -0.2) is 45.6 Å². The number of cyclic esters (lactones) is 1. The van der Waals surface area contributed by atoms with Crippen molar-refractivity contribution in [2.24, 2.45) is 0 Å². The van der Waals surface area contributed by atoms with Crippen LogP contribution in [0.3, 0.4) is 0 Å². The summed E-state index contributed by atoms with van der Waals surface area (Å²) < 4.78 is 5.16. The lowest BCUT2D eigenvalue weighted by Gasteiger charge is -2.28. The molecule has 124 valence electrons. The average Bonchev–Trinajstić information content (AvgIpc) is 3.03. The molecule has 2 amide bonds. The van der Waals surface area contributed by atoms with Gasteiger partial charge in [0.1, 0.15) is 12.4 Å². The first-order valence-corrected chi connectivity index (χ1v) is 7.89. The third kappa shape index (κ3) is 2.75. The number of carbonyl (C=O) groups excluding carboxylic acids is 2. The molecule has 2 aliphatic heterocycles. The Hall–Kier alpha value is -2.18. The van der Waals surface area contributed by atoms with Crippen LogP contribution in [-0.2, 0) is 9.53 Å². The predicted molar refractivity (Wildman–Crippen MR) is 84.0 cm³/mol. The van der Waals surface area contributed by atoms with Gasteiger partial charge in [-0.3, -0.25) is 9.69 Å². The van der Waals surface area contributed by atoms with Gasteiger partial charge in [0.2, 0.25) is 5.91 Å². The van der Waals surface area contributed by atoms with Gasteiger partial charge in [0.05, 0.1) is 11.6 Å². The zero-order chi connectivity index (χ0) is 16.8. The summed E-state index contributed by atoms with van der Waals surface area (Å²) in [7, 11) is 0. The number of aryl methyl sites for hydroxylation is 1. The first-order chi connectivity index (χ1) is 10.8. The van der Waals surface area contributed by atoms with E-state index in [1.807, 2.05) is 20.8 Å². The highest BCUT2D eigenvalue weighted by Crippen LogP contribution is 2.33. The Bertz CT molecular complexity index is 659. The molecule has 1 aromatic rings. The first kappa shape index (κ1) is 15.7. The van der Waals surface area contributed by atoms with E-state index in [2.05, 4.69) is 9.97 Å². The molecule has 2 saturated heterocycles. The van der Waals surface area contributed by atoms with Crippen molar-refractivity contribution in [3.63, 3.8) is 0 Å². The van der Waals surface area contributed by atoms with Gasteiger partial charge in [-0.1, -0.05) is 0 Å². The van der Waals surface area contributed by atoms with Gasteiger partial charge in [-0.15, -0.1) is 0 Å². The van der Waals surface area contributed by atoms with Crippen LogP contribution in [0.15, 0.2) is 6.07 Å². The summed E-state index contributed by atoms with van der Waals surface area (Å²) in [6, 6.07) is 1.66. The van der Waals surface area contributed by atoms with E-state index in [9.17, 15) is 9.59 Å². The number of likely N-dealkylation sites (tertiary alicyclic amines) is 1. The van der Waals surface area contributed by atoms with E-state index in [4.69, 9.17) is 4.74 Å². The Morgan fingerprint density at radius 2 is 2.13 bits per heavy atom. The number of hydrogen-bond acceptors (Lipinski definition) is 5. The molecule has 2 aliphatic rings. The number of rotatable bonds is 2. The second kappa shape index (κ2) is 5.47. The second-order valence-corrected chi connectivity index (χ2v) is 6.80. The van der Waals surface area contributed by atoms with Crippen molar-refractivity contribution in [2.45, 2.75) is 52.1 Å². The molecule has 0 spiro atoms. The third-order valence-corrected chi connectivity index (χ3v) is 4.38. The molecule has 0 radical (unpaired) electrons. The van der Waals surface area contributed by atoms with E-state index in [1.54, 1.807) is 22.8 Å². The Labute approximate surface area is 135 Å². The Kier molecular flexibility index (Phi) is 3.74. The second-order valence-electron chi connectivity index (χ2n) is 6.80. The van der Waals surface area contributed by atoms with Gasteiger partial charge >= 0.3 is 6.09 Å². The quantitative estimate of drug-likeness (QED) is 0.835. The minimum Gasteiger partial charge on any atom is -0.447 e. The number of nitrogens with zero attached hydrogens (tertiary/aromatic N) is 4. The lowest BCUT2D eigenvalue weighted by atomic mass is 10.1. The zero-order valence-electron chi connectivity index (χ0n) is 14.0. The van der Waals surface area contributed by atoms with Gasteiger partial charge in [0, 0.05) is 25.2 Å². The molecule has 0 N–H and O–H groups in total. The highest BCUT2D eigenvalue weighted by atomic mass is 16.6. The zero-order valence-corrected chi connectivity index (χ0v) is 14.0. The van der Waals surface area contributed by atoms with E-state index in [0.29, 0.717) is 18.2 Å². The first-order valence-electron chi connectivity index (χ1n) is 7.89. The van der Waals surface area contributed by atoms with Crippen LogP contribution in [0, 0.1) is 6.92 Å². The fourth-order valence-corrected chi connectivity index (χ4v) is 3.27. The average molecular weight is 318 g/mol. The molecule has 3 heterocycles. The summed E-state index contributed by atoms with van der Waals surface area (Å²) in [5.74, 6) is 1.17. The van der Waals surface area contributed by atoms with Crippen molar-refractivity contribution >= 4 is 17.8 Å². The Morgan fingerprint density at radius 3 is 2.74 bits per heavy atom. The number of aromatic nitrogens is 2. The number of amides is 2. The van der Waals surface area contributed by atoms with Crippen molar-refractivity contribution in [1.82, 2.24) is 14.9 Å². The van der Waals surface area contributed by atoms with Crippen molar-refractivity contribution in [2.75, 3.05) is 18.1 Å². The maximum Gasteiger partial charge on any atom is 0.416 e. The van der Waals surface area contributed by atoms with Crippen LogP contribution in [0.25, 0.3) is 0 Å². The molecule has 7 heteroatoms. The standard InChI is InChI=1S/C16H22N4O3/c1-10-8-13(20-15(22)23-9-16(20,3)4)18-14(17-10)12-6-5-7-19(12)11(2)21/h8,12H,5-7,9H2,1-4H3/t12-/m1/s1. The van der Waals surface area contributed by atoms with Gasteiger partial charge in [-0.25, -0.2) is 14.8 Å². The largest absolute Gasteiger partial charge is 0.447 e. The van der Waals surface area contributed by atoms with Crippen molar-refractivity contribution in [3.05, 3.63) is 17.6 Å². The molecular weight excluding hydrogens is 296 g/mol. The summed E-state index contributed by atoms with van der Waals surface area (Å²) in [5.41, 5.74) is 0.321. The van der Waals surface area contributed by atoms with Gasteiger partial charge in [-0.2, -0.15) is 0 Å². The maximum atomic E-state index is 12.1. The third-order valence-electron chi connectivity index (χ3n) is 4.38. The highest BCUT2D eigenvalue weighted by molar-refractivity contribution is 5.90. The highest BCUT2D eigenvalue weighted by Gasteiger charge is 2.42. The number of anilines is 1. The van der Waals surface area contributed by atoms with Gasteiger partial charge in [0.15, 0.2) is 5.82 Å². The lowest BCUT2D eigenvalue weighted by molar-refractivity contribution is -0.129. The minimum absolute atomic E-state index is 0.0278. The molecule has 3 rings (SSSR count). The summed E-state index contributed by atoms with van der Waals surface area (Å²) in [6.45, 7) is 8.36. The summed E-state index contributed by atoms with van der Waals surface area (Å²) in [5, 5.41) is 0. The fraction of sp³-hybridized carbons (Fsp3) is 0.625. The van der Waals surface area contributed by atoms with Crippen molar-refractivity contribution < 1.29 is 14.3 Å². The normalized spacial score (nSPS) is 23.3. The lowest BCUT2D eigenvalue weighted by Crippen LogP contribution is -2.43. The molecule has 0 bridgehead atoms. The van der Waals surface area contributed by atoms with Crippen LogP contribution in [0.5, 0.6) is 0 Å². The molecule has 0 aliphatic carbocycles. The number of carbonyl (C=O) groups is 2. The molecule has 7 nitrogen and oxygen atoms in total. The van der Waals surface area contributed by atoms with E-state index >= 15 is 0 Å². The Morgan fingerprint density at radius 1 is 1.39 bits per heavy atom. The summed E-state index contributed by atoms with van der Waals surface area (Å²) in [4.78, 5) is 36.4. The molecule has 0 aromatic carbocycles. The van der Waals surface area contributed by atoms with Gasteiger partial charge in [-0.05, 0) is 33.6 Å². The van der Waals surface area contributed by atoms with Crippen LogP contribution in [0.4, 0.5) is 10.6 Å².